The van der Waals surface area contributed by atoms with Crippen molar-refractivity contribution in [2.24, 2.45) is 0 Å². The Balaban J connectivity index is 2.06. The minimum atomic E-state index is -0.997. The smallest absolute Gasteiger partial charge is 0.379 e. The zero-order chi connectivity index (χ0) is 16.7. The highest BCUT2D eigenvalue weighted by Crippen LogP contribution is 2.22. The Labute approximate surface area is 133 Å². The maximum Gasteiger partial charge on any atom is 0.379 e. The van der Waals surface area contributed by atoms with Crippen LogP contribution in [0, 0.1) is 0 Å². The van der Waals surface area contributed by atoms with E-state index in [9.17, 15) is 14.7 Å². The van der Waals surface area contributed by atoms with Crippen LogP contribution in [0.3, 0.4) is 0 Å². The molecular weight excluding hydrogens is 296 g/mol. The van der Waals surface area contributed by atoms with Crippen LogP contribution in [0.15, 0.2) is 60.7 Å². The first-order valence-electron chi connectivity index (χ1n) is 7.05. The van der Waals surface area contributed by atoms with Crippen LogP contribution in [0.1, 0.15) is 12.5 Å². The zero-order valence-electron chi connectivity index (χ0n) is 12.6. The van der Waals surface area contributed by atoms with Gasteiger partial charge in [-0.1, -0.05) is 18.2 Å². The molecule has 5 heteroatoms. The van der Waals surface area contributed by atoms with Gasteiger partial charge in [0.25, 0.3) is 5.78 Å². The molecule has 0 atom stereocenters. The van der Waals surface area contributed by atoms with Gasteiger partial charge in [-0.3, -0.25) is 4.79 Å². The van der Waals surface area contributed by atoms with Gasteiger partial charge >= 0.3 is 5.97 Å². The Hall–Kier alpha value is -3.08. The predicted molar refractivity (Wildman–Crippen MR) is 85.2 cm³/mol. The lowest BCUT2D eigenvalue weighted by molar-refractivity contribution is -0.151. The zero-order valence-corrected chi connectivity index (χ0v) is 12.6. The Morgan fingerprint density at radius 2 is 1.61 bits per heavy atom. The third kappa shape index (κ3) is 4.71. The van der Waals surface area contributed by atoms with E-state index in [4.69, 9.17) is 4.74 Å². The molecule has 2 rings (SSSR count). The quantitative estimate of drug-likeness (QED) is 0.382. The van der Waals surface area contributed by atoms with Crippen molar-refractivity contribution < 1.29 is 24.2 Å². The summed E-state index contributed by atoms with van der Waals surface area (Å²) in [5.74, 6) is -0.937. The minimum Gasteiger partial charge on any atom is -0.507 e. The van der Waals surface area contributed by atoms with Gasteiger partial charge in [0.15, 0.2) is 0 Å². The maximum absolute atomic E-state index is 11.5. The van der Waals surface area contributed by atoms with E-state index in [0.29, 0.717) is 17.1 Å². The Morgan fingerprint density at radius 3 is 2.22 bits per heavy atom. The molecule has 1 N–H and O–H groups in total. The van der Waals surface area contributed by atoms with Crippen LogP contribution in [0.25, 0.3) is 5.76 Å². The van der Waals surface area contributed by atoms with Crippen molar-refractivity contribution in [2.75, 3.05) is 6.61 Å². The van der Waals surface area contributed by atoms with Crippen LogP contribution in [-0.4, -0.2) is 23.5 Å². The molecule has 0 heterocycles. The first-order valence-corrected chi connectivity index (χ1v) is 7.05. The lowest BCUT2D eigenvalue weighted by atomic mass is 10.1. The summed E-state index contributed by atoms with van der Waals surface area (Å²) in [5.41, 5.74) is 0.392. The van der Waals surface area contributed by atoms with Crippen molar-refractivity contribution in [3.8, 4) is 11.5 Å². The summed E-state index contributed by atoms with van der Waals surface area (Å²) in [6.07, 6.45) is 0.838. The Kier molecular flexibility index (Phi) is 5.52. The van der Waals surface area contributed by atoms with Gasteiger partial charge in [-0.15, -0.1) is 0 Å². The SMILES string of the molecule is CCOC(=O)C(=O)C=C(O)c1ccc(Oc2ccccc2)cc1. The molecule has 2 aromatic carbocycles. The highest BCUT2D eigenvalue weighted by molar-refractivity contribution is 6.39. The third-order valence-electron chi connectivity index (χ3n) is 2.87. The lowest BCUT2D eigenvalue weighted by Gasteiger charge is -2.06. The number of ether oxygens (including phenoxy) is 2. The second kappa shape index (κ2) is 7.79. The van der Waals surface area contributed by atoms with Crippen LogP contribution < -0.4 is 4.74 Å². The van der Waals surface area contributed by atoms with Crippen molar-refractivity contribution in [2.45, 2.75) is 6.92 Å². The molecule has 23 heavy (non-hydrogen) atoms. The number of benzene rings is 2. The summed E-state index contributed by atoms with van der Waals surface area (Å²) in [6.45, 7) is 1.70. The Bertz CT molecular complexity index is 702. The van der Waals surface area contributed by atoms with E-state index in [0.717, 1.165) is 6.08 Å². The van der Waals surface area contributed by atoms with Crippen molar-refractivity contribution in [3.05, 3.63) is 66.2 Å². The van der Waals surface area contributed by atoms with Gasteiger partial charge in [-0.25, -0.2) is 4.79 Å². The average Bonchev–Trinajstić information content (AvgIpc) is 2.56. The van der Waals surface area contributed by atoms with Gasteiger partial charge in [0.05, 0.1) is 6.61 Å². The fourth-order valence-electron chi connectivity index (χ4n) is 1.79. The van der Waals surface area contributed by atoms with Gasteiger partial charge in [-0.05, 0) is 43.3 Å². The molecule has 0 bridgehead atoms. The number of ketones is 1. The van der Waals surface area contributed by atoms with Crippen LogP contribution >= 0.6 is 0 Å². The number of para-hydroxylation sites is 1. The number of carbonyl (C=O) groups excluding carboxylic acids is 2. The molecule has 0 unspecified atom stereocenters. The van der Waals surface area contributed by atoms with E-state index < -0.39 is 11.8 Å². The van der Waals surface area contributed by atoms with Crippen molar-refractivity contribution in [1.82, 2.24) is 0 Å². The van der Waals surface area contributed by atoms with Crippen LogP contribution in [0.4, 0.5) is 0 Å². The Morgan fingerprint density at radius 1 is 1.00 bits per heavy atom. The molecule has 5 nitrogen and oxygen atoms in total. The molecule has 0 radical (unpaired) electrons. The number of esters is 1. The van der Waals surface area contributed by atoms with Crippen LogP contribution in [0.2, 0.25) is 0 Å². The van der Waals surface area contributed by atoms with Gasteiger partial charge in [0.2, 0.25) is 0 Å². The third-order valence-corrected chi connectivity index (χ3v) is 2.87. The van der Waals surface area contributed by atoms with Crippen molar-refractivity contribution in [3.63, 3.8) is 0 Å². The second-order valence-electron chi connectivity index (χ2n) is 4.55. The highest BCUT2D eigenvalue weighted by Gasteiger charge is 2.13. The minimum absolute atomic E-state index is 0.102. The number of rotatable bonds is 6. The topological polar surface area (TPSA) is 72.8 Å². The van der Waals surface area contributed by atoms with E-state index in [1.807, 2.05) is 30.3 Å². The summed E-state index contributed by atoms with van der Waals surface area (Å²) in [5, 5.41) is 9.88. The molecule has 0 spiro atoms. The van der Waals surface area contributed by atoms with Crippen LogP contribution in [-0.2, 0) is 14.3 Å². The number of aliphatic hydroxyl groups is 1. The molecular formula is C18H16O5. The molecule has 118 valence electrons. The molecule has 0 aliphatic carbocycles. The molecule has 0 aliphatic heterocycles. The lowest BCUT2D eigenvalue weighted by Crippen LogP contribution is -2.15. The molecule has 0 aliphatic rings. The van der Waals surface area contributed by atoms with Gasteiger partial charge in [-0.2, -0.15) is 0 Å². The summed E-state index contributed by atoms with van der Waals surface area (Å²) in [4.78, 5) is 22.7. The average molecular weight is 312 g/mol. The summed E-state index contributed by atoms with van der Waals surface area (Å²) >= 11 is 0. The van der Waals surface area contributed by atoms with E-state index >= 15 is 0 Å². The molecule has 0 aromatic heterocycles. The predicted octanol–water partition coefficient (Wildman–Crippen LogP) is 3.51. The highest BCUT2D eigenvalue weighted by atomic mass is 16.5. The summed E-state index contributed by atoms with van der Waals surface area (Å²) in [6, 6.07) is 15.7. The maximum atomic E-state index is 11.5. The first-order chi connectivity index (χ1) is 11.1. The fourth-order valence-corrected chi connectivity index (χ4v) is 1.79. The van der Waals surface area contributed by atoms with E-state index in [-0.39, 0.29) is 12.4 Å². The standard InChI is InChI=1S/C18H16O5/c1-2-22-18(21)17(20)12-16(19)13-8-10-15(11-9-13)23-14-6-4-3-5-7-14/h3-12,19H,2H2,1H3. The van der Waals surface area contributed by atoms with Crippen molar-refractivity contribution >= 4 is 17.5 Å². The van der Waals surface area contributed by atoms with Gasteiger partial charge < -0.3 is 14.6 Å². The summed E-state index contributed by atoms with van der Waals surface area (Å²) in [7, 11) is 0. The molecule has 0 saturated heterocycles. The first kappa shape index (κ1) is 16.3. The number of carbonyl (C=O) groups is 2. The largest absolute Gasteiger partial charge is 0.507 e. The molecule has 0 amide bonds. The number of hydrogen-bond donors (Lipinski definition) is 1. The number of hydrogen-bond acceptors (Lipinski definition) is 5. The number of aliphatic hydroxyl groups excluding tert-OH is 1. The summed E-state index contributed by atoms with van der Waals surface area (Å²) < 4.78 is 10.2. The van der Waals surface area contributed by atoms with E-state index in [1.54, 1.807) is 31.2 Å². The van der Waals surface area contributed by atoms with Gasteiger partial charge in [0, 0.05) is 11.6 Å². The molecule has 0 fully saturated rings. The van der Waals surface area contributed by atoms with E-state index in [2.05, 4.69) is 4.74 Å². The van der Waals surface area contributed by atoms with E-state index in [1.165, 1.54) is 0 Å². The molecule has 2 aromatic rings. The second-order valence-corrected chi connectivity index (χ2v) is 4.55. The van der Waals surface area contributed by atoms with Crippen molar-refractivity contribution in [1.29, 1.82) is 0 Å². The molecule has 0 saturated carbocycles. The normalized spacial score (nSPS) is 10.9. The monoisotopic (exact) mass is 312 g/mol. The van der Waals surface area contributed by atoms with Crippen LogP contribution in [0.5, 0.6) is 11.5 Å². The fraction of sp³-hybridized carbons (Fsp3) is 0.111. The van der Waals surface area contributed by atoms with Gasteiger partial charge in [0.1, 0.15) is 17.3 Å².